The van der Waals surface area contributed by atoms with E-state index in [1.54, 1.807) is 18.2 Å². The predicted molar refractivity (Wildman–Crippen MR) is 134 cm³/mol. The molecule has 0 radical (unpaired) electrons. The number of benzene rings is 3. The quantitative estimate of drug-likeness (QED) is 0.277. The summed E-state index contributed by atoms with van der Waals surface area (Å²) >= 11 is 0. The molecule has 11 heteroatoms. The number of nitrogens with zero attached hydrogens (tertiary/aromatic N) is 4. The van der Waals surface area contributed by atoms with E-state index in [1.165, 1.54) is 30.3 Å². The number of aromatic nitrogens is 3. The van der Waals surface area contributed by atoms with E-state index in [0.717, 1.165) is 22.3 Å². The van der Waals surface area contributed by atoms with E-state index in [1.807, 2.05) is 47.0 Å². The molecule has 3 aromatic carbocycles. The van der Waals surface area contributed by atoms with Gasteiger partial charge in [0.2, 0.25) is 5.82 Å². The molecule has 0 aliphatic carbocycles. The van der Waals surface area contributed by atoms with E-state index >= 15 is 0 Å². The Morgan fingerprint density at radius 3 is 2.58 bits per heavy atom. The Balaban J connectivity index is 1.21. The Labute approximate surface area is 214 Å². The normalized spacial score (nSPS) is 11.6. The molecule has 38 heavy (non-hydrogen) atoms. The maximum absolute atomic E-state index is 13.3. The molecular weight excluding hydrogens is 502 g/mol. The smallest absolute Gasteiger partial charge is 0.373 e. The van der Waals surface area contributed by atoms with Crippen LogP contribution in [0.4, 0.5) is 23.2 Å². The Hall–Kier alpha value is -4.67. The van der Waals surface area contributed by atoms with E-state index in [-0.39, 0.29) is 28.7 Å². The summed E-state index contributed by atoms with van der Waals surface area (Å²) in [6, 6.07) is 20.2. The van der Waals surface area contributed by atoms with Crippen molar-refractivity contribution in [2.75, 3.05) is 25.0 Å². The van der Waals surface area contributed by atoms with Crippen LogP contribution in [-0.4, -0.2) is 40.8 Å². The highest BCUT2D eigenvalue weighted by atomic mass is 19.4. The van der Waals surface area contributed by atoms with Gasteiger partial charge in [-0.2, -0.15) is 18.2 Å². The molecule has 2 heterocycles. The second-order valence-corrected chi connectivity index (χ2v) is 8.58. The van der Waals surface area contributed by atoms with Crippen molar-refractivity contribution < 1.29 is 26.9 Å². The third-order valence-corrected chi connectivity index (χ3v) is 6.00. The van der Waals surface area contributed by atoms with Crippen molar-refractivity contribution in [2.45, 2.75) is 6.18 Å². The lowest BCUT2D eigenvalue weighted by atomic mass is 10.1. The van der Waals surface area contributed by atoms with Crippen molar-refractivity contribution in [3.63, 3.8) is 0 Å². The largest absolute Gasteiger partial charge is 0.471 e. The fourth-order valence-corrected chi connectivity index (χ4v) is 4.02. The average molecular weight is 523 g/mol. The Morgan fingerprint density at radius 2 is 1.84 bits per heavy atom. The summed E-state index contributed by atoms with van der Waals surface area (Å²) in [5, 5.41) is 7.18. The molecular formula is C27H21F4N5O2. The number of nitrogens with one attached hydrogen (secondary N) is 1. The van der Waals surface area contributed by atoms with E-state index in [4.69, 9.17) is 0 Å². The molecule has 2 aromatic heterocycles. The van der Waals surface area contributed by atoms with Gasteiger partial charge in [-0.15, -0.1) is 0 Å². The zero-order valence-electron chi connectivity index (χ0n) is 20.0. The summed E-state index contributed by atoms with van der Waals surface area (Å²) in [4.78, 5) is 18.0. The van der Waals surface area contributed by atoms with E-state index in [9.17, 15) is 22.4 Å². The topological polar surface area (TPSA) is 76.2 Å². The third-order valence-electron chi connectivity index (χ3n) is 6.00. The lowest BCUT2D eigenvalue weighted by Crippen LogP contribution is -2.33. The maximum Gasteiger partial charge on any atom is 0.471 e. The standard InChI is InChI=1S/C27H21F4N5O2/c1-35(22-9-10-23-17(16-22)11-13-36(23)21-7-5-20(28)6-8-21)14-12-32-25(37)19-4-2-3-18(15-19)24-33-26(38-34-24)27(29,30)31/h2-11,13,15-16H,12,14H2,1H3,(H,32,37). The number of anilines is 1. The van der Waals surface area contributed by atoms with Crippen LogP contribution in [0.3, 0.4) is 0 Å². The zero-order valence-corrected chi connectivity index (χ0v) is 20.0. The lowest BCUT2D eigenvalue weighted by molar-refractivity contribution is -0.159. The van der Waals surface area contributed by atoms with Gasteiger partial charge in [0.15, 0.2) is 0 Å². The SMILES string of the molecule is CN(CCNC(=O)c1cccc(-c2noc(C(F)(F)F)n2)c1)c1ccc2c(ccn2-c2ccc(F)cc2)c1. The first-order valence-electron chi connectivity index (χ1n) is 11.6. The number of hydrogen-bond acceptors (Lipinski definition) is 5. The van der Waals surface area contributed by atoms with Gasteiger partial charge in [-0.25, -0.2) is 4.39 Å². The van der Waals surface area contributed by atoms with Crippen LogP contribution < -0.4 is 10.2 Å². The van der Waals surface area contributed by atoms with Crippen LogP contribution in [0.15, 0.2) is 83.5 Å². The molecule has 0 unspecified atom stereocenters. The molecule has 0 bridgehead atoms. The van der Waals surface area contributed by atoms with E-state index in [2.05, 4.69) is 20.0 Å². The first-order valence-corrected chi connectivity index (χ1v) is 11.6. The van der Waals surface area contributed by atoms with Gasteiger partial charge in [-0.05, 0) is 60.7 Å². The minimum absolute atomic E-state index is 0.231. The number of fused-ring (bicyclic) bond motifs is 1. The van der Waals surface area contributed by atoms with Crippen molar-refractivity contribution in [3.8, 4) is 17.1 Å². The van der Waals surface area contributed by atoms with Gasteiger partial charge >= 0.3 is 12.1 Å². The monoisotopic (exact) mass is 523 g/mol. The molecule has 5 rings (SSSR count). The number of alkyl halides is 3. The molecule has 0 spiro atoms. The Bertz CT molecular complexity index is 1590. The lowest BCUT2D eigenvalue weighted by Gasteiger charge is -2.20. The molecule has 7 nitrogen and oxygen atoms in total. The molecule has 0 atom stereocenters. The molecule has 0 fully saturated rings. The second-order valence-electron chi connectivity index (χ2n) is 8.58. The molecule has 1 amide bonds. The van der Waals surface area contributed by atoms with Crippen LogP contribution in [0.2, 0.25) is 0 Å². The van der Waals surface area contributed by atoms with Gasteiger partial charge in [-0.1, -0.05) is 17.3 Å². The summed E-state index contributed by atoms with van der Waals surface area (Å²) in [5.41, 5.74) is 3.27. The molecule has 194 valence electrons. The molecule has 1 N–H and O–H groups in total. The first kappa shape index (κ1) is 25.0. The van der Waals surface area contributed by atoms with Gasteiger partial charge in [0.1, 0.15) is 5.82 Å². The van der Waals surface area contributed by atoms with Crippen molar-refractivity contribution >= 4 is 22.5 Å². The highest BCUT2D eigenvalue weighted by Crippen LogP contribution is 2.29. The van der Waals surface area contributed by atoms with Crippen molar-refractivity contribution in [1.82, 2.24) is 20.0 Å². The van der Waals surface area contributed by atoms with Crippen molar-refractivity contribution in [2.24, 2.45) is 0 Å². The summed E-state index contributed by atoms with van der Waals surface area (Å²) in [7, 11) is 1.90. The average Bonchev–Trinajstić information content (AvgIpc) is 3.57. The molecule has 0 saturated heterocycles. The van der Waals surface area contributed by atoms with Crippen LogP contribution in [0.25, 0.3) is 28.0 Å². The number of hydrogen-bond donors (Lipinski definition) is 1. The number of likely N-dealkylation sites (N-methyl/N-ethyl adjacent to an activating group) is 1. The molecule has 0 aliphatic heterocycles. The number of carbonyl (C=O) groups excluding carboxylic acids is 1. The van der Waals surface area contributed by atoms with Gasteiger partial charge in [0, 0.05) is 54.2 Å². The van der Waals surface area contributed by atoms with Gasteiger partial charge in [0.25, 0.3) is 5.91 Å². The van der Waals surface area contributed by atoms with Crippen LogP contribution >= 0.6 is 0 Å². The van der Waals surface area contributed by atoms with Crippen LogP contribution in [-0.2, 0) is 6.18 Å². The molecule has 5 aromatic rings. The van der Waals surface area contributed by atoms with Crippen molar-refractivity contribution in [1.29, 1.82) is 0 Å². The Morgan fingerprint density at radius 1 is 1.05 bits per heavy atom. The number of amides is 1. The van der Waals surface area contributed by atoms with Crippen molar-refractivity contribution in [3.05, 3.63) is 96.3 Å². The first-order chi connectivity index (χ1) is 18.2. The Kier molecular flexibility index (Phi) is 6.58. The zero-order chi connectivity index (χ0) is 26.9. The van der Waals surface area contributed by atoms with Gasteiger partial charge in [-0.3, -0.25) is 4.79 Å². The summed E-state index contributed by atoms with van der Waals surface area (Å²) in [6.45, 7) is 0.837. The summed E-state index contributed by atoms with van der Waals surface area (Å²) < 4.78 is 57.7. The van der Waals surface area contributed by atoms with Crippen LogP contribution in [0.1, 0.15) is 16.2 Å². The number of halogens is 4. The predicted octanol–water partition coefficient (Wildman–Crippen LogP) is 5.70. The second kappa shape index (κ2) is 10.0. The third kappa shape index (κ3) is 5.22. The summed E-state index contributed by atoms with van der Waals surface area (Å²) in [6.07, 6.45) is -2.82. The van der Waals surface area contributed by atoms with E-state index in [0.29, 0.717) is 13.1 Å². The number of rotatable bonds is 7. The van der Waals surface area contributed by atoms with E-state index < -0.39 is 12.1 Å². The highest BCUT2D eigenvalue weighted by molar-refractivity contribution is 5.95. The van der Waals surface area contributed by atoms with Gasteiger partial charge < -0.3 is 19.3 Å². The summed E-state index contributed by atoms with van der Waals surface area (Å²) in [5.74, 6) is -2.38. The molecule has 0 aliphatic rings. The fraction of sp³-hybridized carbons (Fsp3) is 0.148. The maximum atomic E-state index is 13.3. The molecule has 0 saturated carbocycles. The minimum atomic E-state index is -4.75. The van der Waals surface area contributed by atoms with Crippen LogP contribution in [0, 0.1) is 5.82 Å². The number of carbonyl (C=O) groups is 1. The minimum Gasteiger partial charge on any atom is -0.373 e. The van der Waals surface area contributed by atoms with Gasteiger partial charge in [0.05, 0.1) is 5.52 Å². The highest BCUT2D eigenvalue weighted by Gasteiger charge is 2.38. The van der Waals surface area contributed by atoms with Crippen LogP contribution in [0.5, 0.6) is 0 Å². The fourth-order valence-electron chi connectivity index (χ4n) is 4.02.